The van der Waals surface area contributed by atoms with Crippen LogP contribution >= 0.6 is 15.9 Å². The summed E-state index contributed by atoms with van der Waals surface area (Å²) in [4.78, 5) is 0. The highest BCUT2D eigenvalue weighted by molar-refractivity contribution is 9.10. The number of anilines is 1. The van der Waals surface area contributed by atoms with Crippen molar-refractivity contribution in [2.24, 2.45) is 0 Å². The molecule has 19 heavy (non-hydrogen) atoms. The van der Waals surface area contributed by atoms with Crippen LogP contribution in [-0.2, 0) is 6.54 Å². The molecule has 0 spiro atoms. The Hall–Kier alpha value is -1.99. The van der Waals surface area contributed by atoms with E-state index in [4.69, 9.17) is 10.00 Å². The summed E-state index contributed by atoms with van der Waals surface area (Å²) in [6.45, 7) is 0.654. The Morgan fingerprint density at radius 3 is 2.79 bits per heavy atom. The van der Waals surface area contributed by atoms with Crippen molar-refractivity contribution in [3.8, 4) is 11.8 Å². The van der Waals surface area contributed by atoms with E-state index in [2.05, 4.69) is 27.3 Å². The smallest absolute Gasteiger partial charge is 0.121 e. The highest BCUT2D eigenvalue weighted by atomic mass is 79.9. The standard InChI is InChI=1S/C15H13BrN2O/c1-19-14-6-5-12(9-17)15(8-14)18-10-11-3-2-4-13(16)7-11/h2-8,18H,10H2,1H3. The van der Waals surface area contributed by atoms with Crippen LogP contribution in [0, 0.1) is 11.3 Å². The monoisotopic (exact) mass is 316 g/mol. The van der Waals surface area contributed by atoms with Crippen molar-refractivity contribution in [1.29, 1.82) is 5.26 Å². The second kappa shape index (κ2) is 6.26. The summed E-state index contributed by atoms with van der Waals surface area (Å²) in [5.74, 6) is 0.732. The fourth-order valence-corrected chi connectivity index (χ4v) is 2.18. The van der Waals surface area contributed by atoms with Gasteiger partial charge in [-0.2, -0.15) is 5.26 Å². The van der Waals surface area contributed by atoms with E-state index in [1.54, 1.807) is 19.2 Å². The lowest BCUT2D eigenvalue weighted by Gasteiger charge is -2.10. The largest absolute Gasteiger partial charge is 0.497 e. The maximum Gasteiger partial charge on any atom is 0.121 e. The number of hydrogen-bond donors (Lipinski definition) is 1. The average molecular weight is 317 g/mol. The molecule has 3 nitrogen and oxygen atoms in total. The van der Waals surface area contributed by atoms with Crippen molar-refractivity contribution in [3.63, 3.8) is 0 Å². The summed E-state index contributed by atoms with van der Waals surface area (Å²) < 4.78 is 6.21. The first kappa shape index (κ1) is 13.4. The second-order valence-corrected chi connectivity index (χ2v) is 4.92. The third kappa shape index (κ3) is 3.49. The number of nitrogens with zero attached hydrogens (tertiary/aromatic N) is 1. The van der Waals surface area contributed by atoms with E-state index in [1.165, 1.54) is 0 Å². The van der Waals surface area contributed by atoms with Gasteiger partial charge in [-0.3, -0.25) is 0 Å². The summed E-state index contributed by atoms with van der Waals surface area (Å²) in [7, 11) is 1.61. The van der Waals surface area contributed by atoms with Crippen molar-refractivity contribution in [1.82, 2.24) is 0 Å². The molecule has 0 aliphatic carbocycles. The molecule has 0 heterocycles. The number of benzene rings is 2. The van der Waals surface area contributed by atoms with Crippen LogP contribution in [0.1, 0.15) is 11.1 Å². The van der Waals surface area contributed by atoms with Gasteiger partial charge in [-0.25, -0.2) is 0 Å². The number of nitriles is 1. The predicted molar refractivity (Wildman–Crippen MR) is 79.2 cm³/mol. The van der Waals surface area contributed by atoms with Crippen molar-refractivity contribution in [3.05, 3.63) is 58.1 Å². The quantitative estimate of drug-likeness (QED) is 0.929. The van der Waals surface area contributed by atoms with Gasteiger partial charge < -0.3 is 10.1 Å². The molecular formula is C15H13BrN2O. The van der Waals surface area contributed by atoms with E-state index in [9.17, 15) is 0 Å². The summed E-state index contributed by atoms with van der Waals surface area (Å²) in [5, 5.41) is 12.3. The summed E-state index contributed by atoms with van der Waals surface area (Å²) >= 11 is 3.44. The van der Waals surface area contributed by atoms with Gasteiger partial charge in [0.25, 0.3) is 0 Å². The van der Waals surface area contributed by atoms with E-state index < -0.39 is 0 Å². The normalized spacial score (nSPS) is 9.74. The molecule has 0 unspecified atom stereocenters. The fourth-order valence-electron chi connectivity index (χ4n) is 1.74. The van der Waals surface area contributed by atoms with E-state index in [0.29, 0.717) is 12.1 Å². The van der Waals surface area contributed by atoms with Crippen LogP contribution in [0.5, 0.6) is 5.75 Å². The predicted octanol–water partition coefficient (Wildman–Crippen LogP) is 3.94. The molecule has 0 aromatic heterocycles. The molecule has 0 amide bonds. The summed E-state index contributed by atoms with van der Waals surface area (Å²) in [6.07, 6.45) is 0. The maximum absolute atomic E-state index is 9.09. The molecule has 0 aliphatic rings. The van der Waals surface area contributed by atoms with E-state index in [1.807, 2.05) is 30.3 Å². The van der Waals surface area contributed by atoms with Crippen LogP contribution < -0.4 is 10.1 Å². The molecule has 0 aliphatic heterocycles. The first-order chi connectivity index (χ1) is 9.22. The highest BCUT2D eigenvalue weighted by Crippen LogP contribution is 2.22. The van der Waals surface area contributed by atoms with Crippen molar-refractivity contribution < 1.29 is 4.74 Å². The Balaban J connectivity index is 2.17. The molecule has 96 valence electrons. The van der Waals surface area contributed by atoms with Crippen molar-refractivity contribution in [2.75, 3.05) is 12.4 Å². The molecule has 0 saturated heterocycles. The van der Waals surface area contributed by atoms with Gasteiger partial charge in [0.15, 0.2) is 0 Å². The Morgan fingerprint density at radius 1 is 1.26 bits per heavy atom. The van der Waals surface area contributed by atoms with Gasteiger partial charge in [-0.05, 0) is 29.8 Å². The fraction of sp³-hybridized carbons (Fsp3) is 0.133. The van der Waals surface area contributed by atoms with Crippen LogP contribution in [-0.4, -0.2) is 7.11 Å². The van der Waals surface area contributed by atoms with Gasteiger partial charge in [-0.15, -0.1) is 0 Å². The first-order valence-corrected chi connectivity index (χ1v) is 6.58. The molecule has 0 bridgehead atoms. The van der Waals surface area contributed by atoms with Crippen molar-refractivity contribution in [2.45, 2.75) is 6.54 Å². The number of methoxy groups -OCH3 is 1. The molecular weight excluding hydrogens is 304 g/mol. The Kier molecular flexibility index (Phi) is 4.43. The Morgan fingerprint density at radius 2 is 2.11 bits per heavy atom. The summed E-state index contributed by atoms with van der Waals surface area (Å²) in [6, 6.07) is 15.6. The lowest BCUT2D eigenvalue weighted by atomic mass is 10.1. The molecule has 1 N–H and O–H groups in total. The van der Waals surface area contributed by atoms with Crippen LogP contribution in [0.15, 0.2) is 46.9 Å². The zero-order valence-electron chi connectivity index (χ0n) is 10.5. The second-order valence-electron chi connectivity index (χ2n) is 4.01. The minimum absolute atomic E-state index is 0.607. The van der Waals surface area contributed by atoms with Crippen LogP contribution in [0.25, 0.3) is 0 Å². The van der Waals surface area contributed by atoms with Crippen LogP contribution in [0.2, 0.25) is 0 Å². The minimum atomic E-state index is 0.607. The number of nitrogens with one attached hydrogen (secondary N) is 1. The molecule has 2 aromatic rings. The van der Waals surface area contributed by atoms with Gasteiger partial charge >= 0.3 is 0 Å². The minimum Gasteiger partial charge on any atom is -0.497 e. The molecule has 0 saturated carbocycles. The molecule has 2 aromatic carbocycles. The third-order valence-electron chi connectivity index (χ3n) is 2.72. The van der Waals surface area contributed by atoms with Gasteiger partial charge in [0.05, 0.1) is 18.4 Å². The van der Waals surface area contributed by atoms with Crippen molar-refractivity contribution >= 4 is 21.6 Å². The zero-order valence-corrected chi connectivity index (χ0v) is 12.1. The van der Waals surface area contributed by atoms with Crippen LogP contribution in [0.4, 0.5) is 5.69 Å². The SMILES string of the molecule is COc1ccc(C#N)c(NCc2cccc(Br)c2)c1. The maximum atomic E-state index is 9.09. The number of halogens is 1. The molecule has 0 radical (unpaired) electrons. The van der Waals surface area contributed by atoms with E-state index >= 15 is 0 Å². The topological polar surface area (TPSA) is 45.0 Å². The lowest BCUT2D eigenvalue weighted by Crippen LogP contribution is -2.01. The van der Waals surface area contributed by atoms with Gasteiger partial charge in [-0.1, -0.05) is 28.1 Å². The first-order valence-electron chi connectivity index (χ1n) is 5.79. The zero-order chi connectivity index (χ0) is 13.7. The molecule has 4 heteroatoms. The van der Waals surface area contributed by atoms with Gasteiger partial charge in [0, 0.05) is 17.1 Å². The van der Waals surface area contributed by atoms with E-state index in [0.717, 1.165) is 21.5 Å². The third-order valence-corrected chi connectivity index (χ3v) is 3.21. The van der Waals surface area contributed by atoms with Crippen LogP contribution in [0.3, 0.4) is 0 Å². The van der Waals surface area contributed by atoms with Gasteiger partial charge in [0.2, 0.25) is 0 Å². The Bertz CT molecular complexity index is 620. The van der Waals surface area contributed by atoms with E-state index in [-0.39, 0.29) is 0 Å². The number of rotatable bonds is 4. The number of hydrogen-bond acceptors (Lipinski definition) is 3. The lowest BCUT2D eigenvalue weighted by molar-refractivity contribution is 0.415. The average Bonchev–Trinajstić information content (AvgIpc) is 2.45. The summed E-state index contributed by atoms with van der Waals surface area (Å²) in [5.41, 5.74) is 2.53. The molecule has 2 rings (SSSR count). The molecule has 0 atom stereocenters. The number of ether oxygens (including phenoxy) is 1. The Labute approximate surface area is 121 Å². The highest BCUT2D eigenvalue weighted by Gasteiger charge is 2.04. The molecule has 0 fully saturated rings. The van der Waals surface area contributed by atoms with Gasteiger partial charge in [0.1, 0.15) is 11.8 Å².